The SMILES string of the molecule is CC(CNC(=O)C1(C(N)=NO)CCCCCC1)C1CC1. The first kappa shape index (κ1) is 15.1. The molecule has 0 aliphatic heterocycles. The van der Waals surface area contributed by atoms with Crippen LogP contribution in [0.15, 0.2) is 5.16 Å². The van der Waals surface area contributed by atoms with Crippen LogP contribution in [-0.4, -0.2) is 23.5 Å². The molecule has 2 fully saturated rings. The molecule has 5 heteroatoms. The lowest BCUT2D eigenvalue weighted by Crippen LogP contribution is -2.50. The topological polar surface area (TPSA) is 87.7 Å². The highest BCUT2D eigenvalue weighted by Crippen LogP contribution is 2.38. The molecule has 2 aliphatic carbocycles. The normalized spacial score (nSPS) is 24.8. The first-order valence-electron chi connectivity index (χ1n) is 7.86. The molecule has 2 saturated carbocycles. The summed E-state index contributed by atoms with van der Waals surface area (Å²) in [4.78, 5) is 12.6. The van der Waals surface area contributed by atoms with Crippen LogP contribution in [0, 0.1) is 17.3 Å². The van der Waals surface area contributed by atoms with Crippen molar-refractivity contribution in [2.24, 2.45) is 28.1 Å². The van der Waals surface area contributed by atoms with Gasteiger partial charge >= 0.3 is 0 Å². The van der Waals surface area contributed by atoms with E-state index in [0.717, 1.165) is 31.6 Å². The van der Waals surface area contributed by atoms with Gasteiger partial charge in [-0.25, -0.2) is 0 Å². The summed E-state index contributed by atoms with van der Waals surface area (Å²) in [5.74, 6) is 1.32. The predicted molar refractivity (Wildman–Crippen MR) is 78.4 cm³/mol. The third-order valence-corrected chi connectivity index (χ3v) is 5.00. The summed E-state index contributed by atoms with van der Waals surface area (Å²) in [6, 6.07) is 0. The molecule has 1 amide bonds. The summed E-state index contributed by atoms with van der Waals surface area (Å²) < 4.78 is 0. The number of nitrogens with two attached hydrogens (primary N) is 1. The molecule has 114 valence electrons. The Bertz CT molecular complexity index is 369. The van der Waals surface area contributed by atoms with E-state index in [1.165, 1.54) is 12.8 Å². The van der Waals surface area contributed by atoms with Crippen LogP contribution in [0.3, 0.4) is 0 Å². The van der Waals surface area contributed by atoms with E-state index in [4.69, 9.17) is 10.9 Å². The van der Waals surface area contributed by atoms with Crippen LogP contribution in [0.1, 0.15) is 58.3 Å². The van der Waals surface area contributed by atoms with Crippen molar-refractivity contribution >= 4 is 11.7 Å². The van der Waals surface area contributed by atoms with Gasteiger partial charge in [0.05, 0.1) is 0 Å². The highest BCUT2D eigenvalue weighted by atomic mass is 16.4. The maximum Gasteiger partial charge on any atom is 0.233 e. The smallest absolute Gasteiger partial charge is 0.233 e. The Labute approximate surface area is 121 Å². The van der Waals surface area contributed by atoms with Crippen molar-refractivity contribution in [3.63, 3.8) is 0 Å². The molecule has 1 atom stereocenters. The van der Waals surface area contributed by atoms with E-state index in [9.17, 15) is 4.79 Å². The zero-order chi connectivity index (χ0) is 14.6. The molecule has 0 bridgehead atoms. The van der Waals surface area contributed by atoms with E-state index in [2.05, 4.69) is 17.4 Å². The average molecular weight is 281 g/mol. The Balaban J connectivity index is 2.02. The van der Waals surface area contributed by atoms with Gasteiger partial charge in [-0.15, -0.1) is 0 Å². The summed E-state index contributed by atoms with van der Waals surface area (Å²) in [6.07, 6.45) is 8.09. The Hall–Kier alpha value is -1.26. The molecule has 4 N–H and O–H groups in total. The number of oxime groups is 1. The van der Waals surface area contributed by atoms with Crippen LogP contribution in [0.2, 0.25) is 0 Å². The fourth-order valence-corrected chi connectivity index (χ4v) is 3.28. The van der Waals surface area contributed by atoms with E-state index >= 15 is 0 Å². The van der Waals surface area contributed by atoms with Gasteiger partial charge in [0.2, 0.25) is 5.91 Å². The van der Waals surface area contributed by atoms with Crippen molar-refractivity contribution in [3.8, 4) is 0 Å². The minimum atomic E-state index is -0.797. The molecule has 20 heavy (non-hydrogen) atoms. The van der Waals surface area contributed by atoms with Gasteiger partial charge in [-0.1, -0.05) is 37.8 Å². The number of carbonyl (C=O) groups is 1. The van der Waals surface area contributed by atoms with Crippen molar-refractivity contribution in [1.82, 2.24) is 5.32 Å². The largest absolute Gasteiger partial charge is 0.409 e. The zero-order valence-corrected chi connectivity index (χ0v) is 12.4. The monoisotopic (exact) mass is 281 g/mol. The Morgan fingerprint density at radius 3 is 2.45 bits per heavy atom. The summed E-state index contributed by atoms with van der Waals surface area (Å²) in [5, 5.41) is 15.3. The first-order chi connectivity index (χ1) is 9.60. The molecule has 1 unspecified atom stereocenters. The number of hydrogen-bond donors (Lipinski definition) is 3. The van der Waals surface area contributed by atoms with E-state index in [-0.39, 0.29) is 11.7 Å². The number of nitrogens with one attached hydrogen (secondary N) is 1. The molecule has 2 aliphatic rings. The molecule has 0 heterocycles. The van der Waals surface area contributed by atoms with Gasteiger partial charge in [-0.2, -0.15) is 0 Å². The lowest BCUT2D eigenvalue weighted by atomic mass is 9.78. The second kappa shape index (κ2) is 6.46. The van der Waals surface area contributed by atoms with E-state index in [0.29, 0.717) is 25.3 Å². The molecule has 5 nitrogen and oxygen atoms in total. The average Bonchev–Trinajstić information content (AvgIpc) is 3.28. The highest BCUT2D eigenvalue weighted by molar-refractivity contribution is 6.06. The van der Waals surface area contributed by atoms with Crippen LogP contribution >= 0.6 is 0 Å². The van der Waals surface area contributed by atoms with Gasteiger partial charge in [0.25, 0.3) is 0 Å². The predicted octanol–water partition coefficient (Wildman–Crippen LogP) is 2.24. The third kappa shape index (κ3) is 3.25. The second-order valence-corrected chi connectivity index (χ2v) is 6.51. The molecule has 0 aromatic carbocycles. The van der Waals surface area contributed by atoms with Crippen molar-refractivity contribution in [2.45, 2.75) is 58.3 Å². The molecule has 0 saturated heterocycles. The third-order valence-electron chi connectivity index (χ3n) is 5.00. The Kier molecular flexibility index (Phi) is 4.89. The minimum Gasteiger partial charge on any atom is -0.409 e. The van der Waals surface area contributed by atoms with E-state index in [1.54, 1.807) is 0 Å². The van der Waals surface area contributed by atoms with Crippen molar-refractivity contribution < 1.29 is 10.0 Å². The lowest BCUT2D eigenvalue weighted by molar-refractivity contribution is -0.128. The number of hydrogen-bond acceptors (Lipinski definition) is 3. The fourth-order valence-electron chi connectivity index (χ4n) is 3.28. The summed E-state index contributed by atoms with van der Waals surface area (Å²) in [5.41, 5.74) is 5.07. The summed E-state index contributed by atoms with van der Waals surface area (Å²) >= 11 is 0. The molecule has 0 aromatic heterocycles. The zero-order valence-electron chi connectivity index (χ0n) is 12.4. The fraction of sp³-hybridized carbons (Fsp3) is 0.867. The molecule has 2 rings (SSSR count). The minimum absolute atomic E-state index is 0.0535. The number of rotatable bonds is 5. The maximum absolute atomic E-state index is 12.6. The molecular weight excluding hydrogens is 254 g/mol. The van der Waals surface area contributed by atoms with Crippen molar-refractivity contribution in [3.05, 3.63) is 0 Å². The Morgan fingerprint density at radius 2 is 1.95 bits per heavy atom. The van der Waals surface area contributed by atoms with Gasteiger partial charge in [0, 0.05) is 6.54 Å². The molecular formula is C15H27N3O2. The first-order valence-corrected chi connectivity index (χ1v) is 7.86. The van der Waals surface area contributed by atoms with Crippen molar-refractivity contribution in [1.29, 1.82) is 0 Å². The number of carbonyl (C=O) groups excluding carboxylic acids is 1. The number of amides is 1. The van der Waals surface area contributed by atoms with E-state index in [1.807, 2.05) is 0 Å². The van der Waals surface area contributed by atoms with Gasteiger partial charge in [-0.3, -0.25) is 4.79 Å². The van der Waals surface area contributed by atoms with Gasteiger partial charge < -0.3 is 16.3 Å². The summed E-state index contributed by atoms with van der Waals surface area (Å²) in [6.45, 7) is 2.88. The maximum atomic E-state index is 12.6. The van der Waals surface area contributed by atoms with Crippen LogP contribution in [0.25, 0.3) is 0 Å². The van der Waals surface area contributed by atoms with Gasteiger partial charge in [0.15, 0.2) is 5.84 Å². The van der Waals surface area contributed by atoms with Crippen LogP contribution in [0.5, 0.6) is 0 Å². The van der Waals surface area contributed by atoms with Crippen LogP contribution < -0.4 is 11.1 Å². The van der Waals surface area contributed by atoms with E-state index < -0.39 is 5.41 Å². The van der Waals surface area contributed by atoms with Gasteiger partial charge in [-0.05, 0) is 37.5 Å². The summed E-state index contributed by atoms with van der Waals surface area (Å²) in [7, 11) is 0. The molecule has 0 radical (unpaired) electrons. The molecule has 0 spiro atoms. The van der Waals surface area contributed by atoms with Gasteiger partial charge in [0.1, 0.15) is 5.41 Å². The number of amidine groups is 1. The Morgan fingerprint density at radius 1 is 1.35 bits per heavy atom. The quantitative estimate of drug-likeness (QED) is 0.237. The lowest BCUT2D eigenvalue weighted by Gasteiger charge is -2.30. The van der Waals surface area contributed by atoms with Crippen molar-refractivity contribution in [2.75, 3.05) is 6.54 Å². The highest BCUT2D eigenvalue weighted by Gasteiger charge is 2.43. The second-order valence-electron chi connectivity index (χ2n) is 6.51. The van der Waals surface area contributed by atoms with Crippen LogP contribution in [-0.2, 0) is 4.79 Å². The number of nitrogens with zero attached hydrogens (tertiary/aromatic N) is 1. The molecule has 0 aromatic rings. The standard InChI is InChI=1S/C15H27N3O2/c1-11(12-6-7-12)10-17-14(19)15(13(16)18-20)8-4-2-3-5-9-15/h11-12,20H,2-10H2,1H3,(H2,16,18)(H,17,19). The van der Waals surface area contributed by atoms with Crippen LogP contribution in [0.4, 0.5) is 0 Å².